The predicted octanol–water partition coefficient (Wildman–Crippen LogP) is 1.99. The molecule has 2 aliphatic rings. The molecular formula is C18H23N3O4. The van der Waals surface area contributed by atoms with Crippen LogP contribution in [-0.2, 0) is 11.2 Å². The first-order valence-corrected chi connectivity index (χ1v) is 8.60. The van der Waals surface area contributed by atoms with E-state index in [2.05, 4.69) is 10.3 Å². The second-order valence-electron chi connectivity index (χ2n) is 7.11. The van der Waals surface area contributed by atoms with Crippen molar-refractivity contribution in [3.05, 3.63) is 22.5 Å². The Balaban J connectivity index is 1.86. The minimum absolute atomic E-state index is 0.110. The van der Waals surface area contributed by atoms with Gasteiger partial charge in [-0.1, -0.05) is 6.92 Å². The fraction of sp³-hybridized carbons (Fsp3) is 0.556. The molecule has 0 aromatic carbocycles. The largest absolute Gasteiger partial charge is 0.355 e. The van der Waals surface area contributed by atoms with Gasteiger partial charge in [0.25, 0.3) is 5.91 Å². The van der Waals surface area contributed by atoms with Gasteiger partial charge in [-0.15, -0.1) is 0 Å². The van der Waals surface area contributed by atoms with Crippen molar-refractivity contribution >= 4 is 23.5 Å². The Morgan fingerprint density at radius 1 is 1.28 bits per heavy atom. The molecule has 134 valence electrons. The number of aromatic nitrogens is 1. The van der Waals surface area contributed by atoms with E-state index in [9.17, 15) is 19.2 Å². The lowest BCUT2D eigenvalue weighted by molar-refractivity contribution is -0.131. The molecule has 1 aromatic rings. The van der Waals surface area contributed by atoms with Crippen LogP contribution in [0.2, 0.25) is 0 Å². The summed E-state index contributed by atoms with van der Waals surface area (Å²) in [7, 11) is 0. The molecule has 0 bridgehead atoms. The number of aromatic amines is 1. The molecule has 1 aromatic heterocycles. The molecule has 0 radical (unpaired) electrons. The molecule has 2 heterocycles. The number of hydrogen-bond acceptors (Lipinski definition) is 4. The molecule has 1 aliphatic carbocycles. The van der Waals surface area contributed by atoms with E-state index in [1.165, 1.54) is 6.92 Å². The molecule has 7 heteroatoms. The molecule has 1 saturated heterocycles. The summed E-state index contributed by atoms with van der Waals surface area (Å²) < 4.78 is 0. The van der Waals surface area contributed by atoms with Crippen LogP contribution in [0.1, 0.15) is 65.7 Å². The first kappa shape index (κ1) is 17.4. The van der Waals surface area contributed by atoms with E-state index in [0.29, 0.717) is 28.9 Å². The van der Waals surface area contributed by atoms with Gasteiger partial charge in [0.05, 0.1) is 12.2 Å². The van der Waals surface area contributed by atoms with Crippen LogP contribution in [0.5, 0.6) is 0 Å². The third kappa shape index (κ3) is 2.67. The average Bonchev–Trinajstić information content (AvgIpc) is 3.30. The summed E-state index contributed by atoms with van der Waals surface area (Å²) in [6, 6.07) is -0.527. The standard InChI is InChI=1S/C18H23N3O4/c1-5-12-14(10(3)22)9(2)19-15(12)13(23)8-21-16(24)18(4,11-6-7-11)20-17(21)25/h11,19H,5-8H2,1-4H3,(H,20,25). The van der Waals surface area contributed by atoms with Gasteiger partial charge in [0.2, 0.25) is 0 Å². The van der Waals surface area contributed by atoms with Gasteiger partial charge in [-0.25, -0.2) is 4.79 Å². The second kappa shape index (κ2) is 5.82. The van der Waals surface area contributed by atoms with Crippen LogP contribution in [0.3, 0.4) is 0 Å². The second-order valence-corrected chi connectivity index (χ2v) is 7.11. The summed E-state index contributed by atoms with van der Waals surface area (Å²) in [6.45, 7) is 6.47. The Morgan fingerprint density at radius 3 is 2.44 bits per heavy atom. The van der Waals surface area contributed by atoms with Crippen molar-refractivity contribution in [1.29, 1.82) is 0 Å². The Morgan fingerprint density at radius 2 is 1.92 bits per heavy atom. The quantitative estimate of drug-likeness (QED) is 0.608. The highest BCUT2D eigenvalue weighted by Gasteiger charge is 2.56. The van der Waals surface area contributed by atoms with Crippen molar-refractivity contribution in [1.82, 2.24) is 15.2 Å². The number of carbonyl (C=O) groups excluding carboxylic acids is 4. The van der Waals surface area contributed by atoms with E-state index in [4.69, 9.17) is 0 Å². The number of urea groups is 1. The fourth-order valence-electron chi connectivity index (χ4n) is 3.76. The summed E-state index contributed by atoms with van der Waals surface area (Å²) in [4.78, 5) is 53.4. The minimum atomic E-state index is -0.902. The van der Waals surface area contributed by atoms with Gasteiger partial charge in [-0.3, -0.25) is 19.3 Å². The molecule has 2 N–H and O–H groups in total. The molecule has 1 saturated carbocycles. The summed E-state index contributed by atoms with van der Waals surface area (Å²) in [5.41, 5.74) is 1.21. The number of amides is 3. The lowest BCUT2D eigenvalue weighted by Crippen LogP contribution is -2.46. The number of imide groups is 1. The molecule has 0 spiro atoms. The monoisotopic (exact) mass is 345 g/mol. The van der Waals surface area contributed by atoms with Gasteiger partial charge in [-0.2, -0.15) is 0 Å². The van der Waals surface area contributed by atoms with Crippen molar-refractivity contribution in [2.75, 3.05) is 6.54 Å². The number of hydrogen-bond donors (Lipinski definition) is 2. The molecule has 1 atom stereocenters. The zero-order chi connectivity index (χ0) is 18.5. The Kier molecular flexibility index (Phi) is 4.05. The maximum absolute atomic E-state index is 12.7. The van der Waals surface area contributed by atoms with Crippen LogP contribution < -0.4 is 5.32 Å². The van der Waals surface area contributed by atoms with Crippen LogP contribution in [0.15, 0.2) is 0 Å². The van der Waals surface area contributed by atoms with Crippen molar-refractivity contribution in [3.8, 4) is 0 Å². The van der Waals surface area contributed by atoms with Gasteiger partial charge < -0.3 is 10.3 Å². The number of nitrogens with one attached hydrogen (secondary N) is 2. The SMILES string of the molecule is CCc1c(C(=O)CN2C(=O)NC(C)(C3CC3)C2=O)[nH]c(C)c1C(C)=O. The van der Waals surface area contributed by atoms with Crippen molar-refractivity contribution < 1.29 is 19.2 Å². The van der Waals surface area contributed by atoms with Crippen LogP contribution >= 0.6 is 0 Å². The minimum Gasteiger partial charge on any atom is -0.355 e. The van der Waals surface area contributed by atoms with E-state index >= 15 is 0 Å². The summed E-state index contributed by atoms with van der Waals surface area (Å²) in [6.07, 6.45) is 2.32. The van der Waals surface area contributed by atoms with Gasteiger partial charge in [0.15, 0.2) is 11.6 Å². The Bertz CT molecular complexity index is 790. The lowest BCUT2D eigenvalue weighted by atomic mass is 9.96. The Labute approximate surface area is 146 Å². The van der Waals surface area contributed by atoms with Crippen molar-refractivity contribution in [2.45, 2.75) is 52.5 Å². The summed E-state index contributed by atoms with van der Waals surface area (Å²) in [5.74, 6) is -0.675. The number of H-pyrrole nitrogens is 1. The van der Waals surface area contributed by atoms with E-state index in [0.717, 1.165) is 17.7 Å². The summed E-state index contributed by atoms with van der Waals surface area (Å²) >= 11 is 0. The molecule has 3 amide bonds. The number of aryl methyl sites for hydroxylation is 1. The van der Waals surface area contributed by atoms with Gasteiger partial charge in [0, 0.05) is 11.3 Å². The third-order valence-electron chi connectivity index (χ3n) is 5.27. The van der Waals surface area contributed by atoms with Crippen molar-refractivity contribution in [3.63, 3.8) is 0 Å². The predicted molar refractivity (Wildman–Crippen MR) is 90.6 cm³/mol. The molecule has 3 rings (SSSR count). The highest BCUT2D eigenvalue weighted by atomic mass is 16.2. The Hall–Kier alpha value is -2.44. The van der Waals surface area contributed by atoms with E-state index in [1.54, 1.807) is 13.8 Å². The average molecular weight is 345 g/mol. The van der Waals surface area contributed by atoms with Crippen LogP contribution in [0.4, 0.5) is 4.79 Å². The van der Waals surface area contributed by atoms with Gasteiger partial charge in [-0.05, 0) is 51.5 Å². The first-order valence-electron chi connectivity index (χ1n) is 8.60. The van der Waals surface area contributed by atoms with Crippen LogP contribution in [0, 0.1) is 12.8 Å². The number of Topliss-reactive ketones (excluding diaryl/α,β-unsaturated/α-hetero) is 2. The molecule has 7 nitrogen and oxygen atoms in total. The third-order valence-corrected chi connectivity index (χ3v) is 5.27. The maximum atomic E-state index is 12.7. The highest BCUT2D eigenvalue weighted by Crippen LogP contribution is 2.42. The molecular weight excluding hydrogens is 322 g/mol. The van der Waals surface area contributed by atoms with Crippen LogP contribution in [0.25, 0.3) is 0 Å². The topological polar surface area (TPSA) is 99.3 Å². The fourth-order valence-corrected chi connectivity index (χ4v) is 3.76. The maximum Gasteiger partial charge on any atom is 0.325 e. The first-order chi connectivity index (χ1) is 11.7. The number of ketones is 2. The van der Waals surface area contributed by atoms with E-state index in [-0.39, 0.29) is 29.9 Å². The lowest BCUT2D eigenvalue weighted by Gasteiger charge is -2.20. The van der Waals surface area contributed by atoms with Crippen LogP contribution in [-0.4, -0.2) is 45.5 Å². The number of rotatable bonds is 6. The normalized spacial score (nSPS) is 23.1. The van der Waals surface area contributed by atoms with E-state index < -0.39 is 11.6 Å². The number of nitrogens with zero attached hydrogens (tertiary/aromatic N) is 1. The number of carbonyl (C=O) groups is 4. The van der Waals surface area contributed by atoms with Gasteiger partial charge in [0.1, 0.15) is 5.54 Å². The molecule has 1 unspecified atom stereocenters. The highest BCUT2D eigenvalue weighted by molar-refractivity contribution is 6.12. The molecule has 1 aliphatic heterocycles. The zero-order valence-corrected chi connectivity index (χ0v) is 15.0. The molecule has 25 heavy (non-hydrogen) atoms. The van der Waals surface area contributed by atoms with E-state index in [1.807, 2.05) is 6.92 Å². The molecule has 2 fully saturated rings. The summed E-state index contributed by atoms with van der Waals surface area (Å²) in [5, 5.41) is 2.73. The zero-order valence-electron chi connectivity index (χ0n) is 15.0. The van der Waals surface area contributed by atoms with Crippen molar-refractivity contribution in [2.24, 2.45) is 5.92 Å². The smallest absolute Gasteiger partial charge is 0.325 e. The van der Waals surface area contributed by atoms with Gasteiger partial charge >= 0.3 is 6.03 Å².